The number of ether oxygens (including phenoxy) is 1. The molecule has 1 unspecified atom stereocenters. The number of hydrogen-bond donors (Lipinski definition) is 1. The number of hydrogen-bond acceptors (Lipinski definition) is 4. The van der Waals surface area contributed by atoms with Gasteiger partial charge in [-0.05, 0) is 67.4 Å². The second-order valence-corrected chi connectivity index (χ2v) is 8.18. The van der Waals surface area contributed by atoms with E-state index in [0.29, 0.717) is 22.0 Å². The Morgan fingerprint density at radius 2 is 1.72 bits per heavy atom. The molecule has 1 atom stereocenters. The molecule has 5 nitrogen and oxygen atoms in total. The summed E-state index contributed by atoms with van der Waals surface area (Å²) in [6.07, 6.45) is 0. The van der Waals surface area contributed by atoms with Crippen molar-refractivity contribution in [3.05, 3.63) is 99.6 Å². The summed E-state index contributed by atoms with van der Waals surface area (Å²) in [5, 5.41) is 11.7. The van der Waals surface area contributed by atoms with Crippen LogP contribution in [0, 0.1) is 13.8 Å². The van der Waals surface area contributed by atoms with E-state index in [1.165, 1.54) is 4.90 Å². The molecule has 1 heterocycles. The molecule has 162 valence electrons. The van der Waals surface area contributed by atoms with E-state index in [4.69, 9.17) is 16.3 Å². The van der Waals surface area contributed by atoms with E-state index in [1.807, 2.05) is 38.1 Å². The van der Waals surface area contributed by atoms with Crippen LogP contribution in [0.25, 0.3) is 5.76 Å². The SMILES string of the molecule is COc1ccc(/C(O)=C2/C(=O)C(=O)N(c3ccc(Cl)cc3)C2c2cccc(C)c2)cc1C. The van der Waals surface area contributed by atoms with Crippen LogP contribution in [0.4, 0.5) is 5.69 Å². The second-order valence-electron chi connectivity index (χ2n) is 7.74. The van der Waals surface area contributed by atoms with Crippen LogP contribution < -0.4 is 9.64 Å². The third-order valence-electron chi connectivity index (χ3n) is 5.58. The van der Waals surface area contributed by atoms with Crippen molar-refractivity contribution >= 4 is 34.7 Å². The summed E-state index contributed by atoms with van der Waals surface area (Å²) < 4.78 is 5.29. The molecule has 1 aliphatic rings. The van der Waals surface area contributed by atoms with Gasteiger partial charge >= 0.3 is 0 Å². The first kappa shape index (κ1) is 21.7. The summed E-state index contributed by atoms with van der Waals surface area (Å²) >= 11 is 6.03. The minimum Gasteiger partial charge on any atom is -0.507 e. The lowest BCUT2D eigenvalue weighted by atomic mass is 9.94. The molecule has 0 radical (unpaired) electrons. The normalized spacial score (nSPS) is 17.6. The molecular formula is C26H22ClNO4. The van der Waals surface area contributed by atoms with Crippen molar-refractivity contribution in [1.82, 2.24) is 0 Å². The highest BCUT2D eigenvalue weighted by atomic mass is 35.5. The zero-order valence-corrected chi connectivity index (χ0v) is 18.7. The van der Waals surface area contributed by atoms with E-state index in [9.17, 15) is 14.7 Å². The Bertz CT molecular complexity index is 1250. The molecule has 0 saturated carbocycles. The van der Waals surface area contributed by atoms with Crippen molar-refractivity contribution in [3.63, 3.8) is 0 Å². The quantitative estimate of drug-likeness (QED) is 0.321. The number of aliphatic hydroxyl groups excluding tert-OH is 1. The minimum atomic E-state index is -0.779. The van der Waals surface area contributed by atoms with Crippen LogP contribution in [0.15, 0.2) is 72.3 Å². The zero-order valence-electron chi connectivity index (χ0n) is 17.9. The lowest BCUT2D eigenvalue weighted by molar-refractivity contribution is -0.132. The van der Waals surface area contributed by atoms with Gasteiger partial charge in [0.2, 0.25) is 0 Å². The van der Waals surface area contributed by atoms with Crippen LogP contribution in [0.3, 0.4) is 0 Å². The molecule has 1 N–H and O–H groups in total. The van der Waals surface area contributed by atoms with Gasteiger partial charge in [-0.25, -0.2) is 0 Å². The monoisotopic (exact) mass is 447 g/mol. The van der Waals surface area contributed by atoms with Gasteiger partial charge in [0.1, 0.15) is 11.5 Å². The summed E-state index contributed by atoms with van der Waals surface area (Å²) in [7, 11) is 1.57. The smallest absolute Gasteiger partial charge is 0.300 e. The molecule has 0 spiro atoms. The number of benzene rings is 3. The van der Waals surface area contributed by atoms with E-state index in [1.54, 1.807) is 49.6 Å². The molecular weight excluding hydrogens is 426 g/mol. The first-order valence-electron chi connectivity index (χ1n) is 10.1. The van der Waals surface area contributed by atoms with E-state index >= 15 is 0 Å². The molecule has 3 aromatic rings. The lowest BCUT2D eigenvalue weighted by Crippen LogP contribution is -2.29. The Kier molecular flexibility index (Phi) is 5.76. The Morgan fingerprint density at radius 1 is 1.00 bits per heavy atom. The zero-order chi connectivity index (χ0) is 23.0. The molecule has 1 amide bonds. The van der Waals surface area contributed by atoms with Gasteiger partial charge in [-0.3, -0.25) is 14.5 Å². The first-order chi connectivity index (χ1) is 15.3. The minimum absolute atomic E-state index is 0.0418. The van der Waals surface area contributed by atoms with Gasteiger partial charge in [0.05, 0.1) is 18.7 Å². The summed E-state index contributed by atoms with van der Waals surface area (Å²) in [6.45, 7) is 3.78. The summed E-state index contributed by atoms with van der Waals surface area (Å²) in [5.41, 5.74) is 3.51. The molecule has 6 heteroatoms. The number of amides is 1. The van der Waals surface area contributed by atoms with Gasteiger partial charge in [0.15, 0.2) is 0 Å². The van der Waals surface area contributed by atoms with Crippen LogP contribution >= 0.6 is 11.6 Å². The number of aliphatic hydroxyl groups is 1. The first-order valence-corrected chi connectivity index (χ1v) is 10.5. The van der Waals surface area contributed by atoms with Gasteiger partial charge in [-0.15, -0.1) is 0 Å². The maximum atomic E-state index is 13.2. The summed E-state index contributed by atoms with van der Waals surface area (Å²) in [6, 6.07) is 18.6. The van der Waals surface area contributed by atoms with Crippen LogP contribution in [0.1, 0.15) is 28.3 Å². The molecule has 1 aliphatic heterocycles. The van der Waals surface area contributed by atoms with Gasteiger partial charge in [-0.1, -0.05) is 41.4 Å². The van der Waals surface area contributed by atoms with E-state index < -0.39 is 17.7 Å². The number of anilines is 1. The number of nitrogens with zero attached hydrogens (tertiary/aromatic N) is 1. The van der Waals surface area contributed by atoms with Crippen molar-refractivity contribution in [2.24, 2.45) is 0 Å². The molecule has 1 saturated heterocycles. The number of rotatable bonds is 4. The van der Waals surface area contributed by atoms with E-state index in [-0.39, 0.29) is 11.3 Å². The second kappa shape index (κ2) is 8.52. The maximum absolute atomic E-state index is 13.2. The molecule has 0 aromatic heterocycles. The van der Waals surface area contributed by atoms with Gasteiger partial charge < -0.3 is 9.84 Å². The highest BCUT2D eigenvalue weighted by Gasteiger charge is 2.47. The number of carbonyl (C=O) groups excluding carboxylic acids is 2. The highest BCUT2D eigenvalue weighted by Crippen LogP contribution is 2.42. The fourth-order valence-electron chi connectivity index (χ4n) is 4.04. The number of Topliss-reactive ketones (excluding diaryl/α,β-unsaturated/α-hetero) is 1. The molecule has 3 aromatic carbocycles. The third kappa shape index (κ3) is 3.76. The van der Waals surface area contributed by atoms with Crippen LogP contribution in [0.2, 0.25) is 5.02 Å². The fourth-order valence-corrected chi connectivity index (χ4v) is 4.16. The van der Waals surface area contributed by atoms with Gasteiger partial charge in [0, 0.05) is 16.3 Å². The fraction of sp³-hybridized carbons (Fsp3) is 0.154. The number of aryl methyl sites for hydroxylation is 2. The van der Waals surface area contributed by atoms with Crippen LogP contribution in [-0.2, 0) is 9.59 Å². The van der Waals surface area contributed by atoms with Crippen molar-refractivity contribution in [3.8, 4) is 5.75 Å². The predicted octanol–water partition coefficient (Wildman–Crippen LogP) is 5.59. The number of ketones is 1. The van der Waals surface area contributed by atoms with Crippen molar-refractivity contribution < 1.29 is 19.4 Å². The van der Waals surface area contributed by atoms with Crippen molar-refractivity contribution in [2.75, 3.05) is 12.0 Å². The summed E-state index contributed by atoms with van der Waals surface area (Å²) in [4.78, 5) is 27.8. The average molecular weight is 448 g/mol. The van der Waals surface area contributed by atoms with E-state index in [2.05, 4.69) is 0 Å². The van der Waals surface area contributed by atoms with Crippen molar-refractivity contribution in [2.45, 2.75) is 19.9 Å². The van der Waals surface area contributed by atoms with Crippen LogP contribution in [0.5, 0.6) is 5.75 Å². The van der Waals surface area contributed by atoms with Gasteiger partial charge in [0.25, 0.3) is 11.7 Å². The molecule has 4 rings (SSSR count). The summed E-state index contributed by atoms with van der Waals surface area (Å²) in [5.74, 6) is -1.00. The number of carbonyl (C=O) groups is 2. The Hall–Kier alpha value is -3.57. The largest absolute Gasteiger partial charge is 0.507 e. The number of methoxy groups -OCH3 is 1. The Morgan fingerprint density at radius 3 is 2.34 bits per heavy atom. The molecule has 0 aliphatic carbocycles. The standard InChI is InChI=1S/C26H22ClNO4/c1-15-5-4-6-17(13-15)23-22(24(29)18-7-12-21(32-3)16(2)14-18)25(30)26(31)28(23)20-10-8-19(27)9-11-20/h4-14,23,29H,1-3H3/b24-22-. The maximum Gasteiger partial charge on any atom is 0.300 e. The topological polar surface area (TPSA) is 66.8 Å². The predicted molar refractivity (Wildman–Crippen MR) is 125 cm³/mol. The molecule has 1 fully saturated rings. The van der Waals surface area contributed by atoms with E-state index in [0.717, 1.165) is 16.7 Å². The third-order valence-corrected chi connectivity index (χ3v) is 5.83. The van der Waals surface area contributed by atoms with Gasteiger partial charge in [-0.2, -0.15) is 0 Å². The number of halogens is 1. The average Bonchev–Trinajstić information content (AvgIpc) is 3.04. The van der Waals surface area contributed by atoms with Crippen molar-refractivity contribution in [1.29, 1.82) is 0 Å². The molecule has 32 heavy (non-hydrogen) atoms. The van der Waals surface area contributed by atoms with Crippen LogP contribution in [-0.4, -0.2) is 23.9 Å². The lowest BCUT2D eigenvalue weighted by Gasteiger charge is -2.25. The molecule has 0 bridgehead atoms. The Balaban J connectivity index is 1.94. The highest BCUT2D eigenvalue weighted by molar-refractivity contribution is 6.51. The Labute approximate surface area is 191 Å².